The summed E-state index contributed by atoms with van der Waals surface area (Å²) in [6, 6.07) is 54.4. The Kier molecular flexibility index (Phi) is 10.6. The van der Waals surface area contributed by atoms with Gasteiger partial charge in [-0.05, 0) is 52.5 Å². The number of pyridine rings is 2. The van der Waals surface area contributed by atoms with Crippen LogP contribution in [0.3, 0.4) is 0 Å². The van der Waals surface area contributed by atoms with Crippen molar-refractivity contribution in [2.75, 3.05) is 0 Å². The summed E-state index contributed by atoms with van der Waals surface area (Å²) in [6.45, 7) is 6.62. The maximum Gasteiger partial charge on any atom is 0.120 e. The van der Waals surface area contributed by atoms with Crippen LogP contribution in [0.1, 0.15) is 49.3 Å². The second-order valence-electron chi connectivity index (χ2n) is 12.3. The van der Waals surface area contributed by atoms with Crippen LogP contribution in [0.5, 0.6) is 0 Å². The molecule has 1 unspecified atom stereocenters. The Bertz CT molecular complexity index is 2290. The molecule has 8 rings (SSSR count). The number of rotatable bonds is 6. The van der Waals surface area contributed by atoms with E-state index in [2.05, 4.69) is 129 Å². The van der Waals surface area contributed by atoms with Crippen LogP contribution < -0.4 is 0 Å². The van der Waals surface area contributed by atoms with Gasteiger partial charge in [0.1, 0.15) is 5.58 Å². The van der Waals surface area contributed by atoms with Crippen molar-refractivity contribution in [2.45, 2.75) is 32.6 Å². The Morgan fingerprint density at radius 3 is 2.12 bits per heavy atom. The second-order valence-corrected chi connectivity index (χ2v) is 12.3. The summed E-state index contributed by atoms with van der Waals surface area (Å²) in [4.78, 5) is 9.20. The number of benzene rings is 5. The number of para-hydroxylation sites is 1. The first-order chi connectivity index (χ1) is 23.5. The van der Waals surface area contributed by atoms with Gasteiger partial charge in [-0.2, -0.15) is 0 Å². The van der Waals surface area contributed by atoms with E-state index < -0.39 is 0 Å². The molecule has 243 valence electrons. The Morgan fingerprint density at radius 1 is 0.571 bits per heavy atom. The minimum absolute atomic E-state index is 0. The minimum atomic E-state index is 0. The third-order valence-electron chi connectivity index (χ3n) is 8.81. The molecule has 0 saturated carbocycles. The minimum Gasteiger partial charge on any atom is -0.500 e. The summed E-state index contributed by atoms with van der Waals surface area (Å²) in [7, 11) is 0. The molecule has 0 aliphatic carbocycles. The van der Waals surface area contributed by atoms with Crippen molar-refractivity contribution >= 4 is 21.9 Å². The molecule has 0 aliphatic rings. The molecule has 49 heavy (non-hydrogen) atoms. The number of aromatic nitrogens is 2. The molecule has 0 fully saturated rings. The van der Waals surface area contributed by atoms with E-state index in [1.54, 1.807) is 0 Å². The normalized spacial score (nSPS) is 11.5. The van der Waals surface area contributed by atoms with Crippen molar-refractivity contribution in [1.29, 1.82) is 0 Å². The van der Waals surface area contributed by atoms with Gasteiger partial charge in [-0.25, -0.2) is 0 Å². The maximum atomic E-state index is 5.94. The van der Waals surface area contributed by atoms with Gasteiger partial charge in [-0.15, -0.1) is 59.2 Å². The van der Waals surface area contributed by atoms with Crippen LogP contribution in [0.25, 0.3) is 55.6 Å². The van der Waals surface area contributed by atoms with Crippen molar-refractivity contribution in [1.82, 2.24) is 9.97 Å². The van der Waals surface area contributed by atoms with Crippen LogP contribution in [-0.2, 0) is 20.1 Å². The zero-order valence-corrected chi connectivity index (χ0v) is 30.1. The van der Waals surface area contributed by atoms with E-state index in [0.717, 1.165) is 44.5 Å². The van der Waals surface area contributed by atoms with Crippen molar-refractivity contribution < 1.29 is 24.5 Å². The molecule has 3 aromatic heterocycles. The van der Waals surface area contributed by atoms with Crippen LogP contribution in [-0.4, -0.2) is 9.97 Å². The van der Waals surface area contributed by atoms with E-state index in [4.69, 9.17) is 9.40 Å². The Morgan fingerprint density at radius 2 is 1.33 bits per heavy atom. The van der Waals surface area contributed by atoms with Gasteiger partial charge in [0, 0.05) is 37.9 Å². The molecule has 0 spiro atoms. The first kappa shape index (κ1) is 33.7. The van der Waals surface area contributed by atoms with E-state index in [0.29, 0.717) is 5.92 Å². The molecule has 3 heterocycles. The van der Waals surface area contributed by atoms with Crippen LogP contribution in [0.15, 0.2) is 156 Å². The number of nitrogens with zero attached hydrogens (tertiary/aromatic N) is 2. The quantitative estimate of drug-likeness (QED) is 0.157. The van der Waals surface area contributed by atoms with E-state index in [1.165, 1.54) is 27.8 Å². The first-order valence-electron chi connectivity index (χ1n) is 16.4. The number of fused-ring (bicyclic) bond motifs is 3. The van der Waals surface area contributed by atoms with Gasteiger partial charge < -0.3 is 14.4 Å². The average Bonchev–Trinajstić information content (AvgIpc) is 3.54. The molecule has 4 heteroatoms. The predicted octanol–water partition coefficient (Wildman–Crippen LogP) is 11.9. The fourth-order valence-corrected chi connectivity index (χ4v) is 6.10. The van der Waals surface area contributed by atoms with Gasteiger partial charge in [0.05, 0.1) is 5.58 Å². The number of hydrogen-bond donors (Lipinski definition) is 0. The molecule has 0 aliphatic heterocycles. The molecular weight excluding hydrogens is 777 g/mol. The van der Waals surface area contributed by atoms with Crippen molar-refractivity contribution in [3.8, 4) is 33.6 Å². The van der Waals surface area contributed by atoms with E-state index in [9.17, 15) is 0 Å². The number of hydrogen-bond acceptors (Lipinski definition) is 3. The van der Waals surface area contributed by atoms with Crippen LogP contribution in [0, 0.1) is 12.1 Å². The molecule has 0 N–H and O–H groups in total. The van der Waals surface area contributed by atoms with Gasteiger partial charge >= 0.3 is 0 Å². The summed E-state index contributed by atoms with van der Waals surface area (Å²) in [6.07, 6.45) is 3.73. The Balaban J connectivity index is 0.000000172. The van der Waals surface area contributed by atoms with Crippen LogP contribution >= 0.6 is 0 Å². The molecule has 3 nitrogen and oxygen atoms in total. The second kappa shape index (κ2) is 15.4. The van der Waals surface area contributed by atoms with Crippen LogP contribution in [0.2, 0.25) is 0 Å². The molecule has 1 atom stereocenters. The summed E-state index contributed by atoms with van der Waals surface area (Å²) < 4.78 is 5.94. The summed E-state index contributed by atoms with van der Waals surface area (Å²) in [5, 5.41) is 2.22. The van der Waals surface area contributed by atoms with E-state index >= 15 is 0 Å². The molecule has 5 aromatic carbocycles. The third-order valence-corrected chi connectivity index (χ3v) is 8.81. The van der Waals surface area contributed by atoms with E-state index in [-0.39, 0.29) is 26.0 Å². The van der Waals surface area contributed by atoms with Gasteiger partial charge in [-0.1, -0.05) is 128 Å². The standard InChI is InChI=1S/C25H18NO.C20H18N.Ir/c1-17(18-8-3-2-4-9-18)20-11-7-15-26-25(20)19-13-14-24-22(16-19)21-10-5-6-12-23(21)27-24;1-15(2)17-11-12-21-20(14-17)19-10-6-9-18(13-19)16-7-4-3-5-8-16;/h2-12,14-17H,1H3;3-9,11-15H,1-2H3;/q2*-1;. The van der Waals surface area contributed by atoms with E-state index in [1.807, 2.05) is 60.9 Å². The SMILES string of the molecule is CC(C)c1ccnc(-c2[c-]ccc(-c3ccccc3)c2)c1.CC(c1ccccc1)c1cccnc1-c1[c-]cc2oc3ccccc3c2c1.[Ir]. The topological polar surface area (TPSA) is 38.9 Å². The van der Waals surface area contributed by atoms with Gasteiger partial charge in [-0.3, -0.25) is 0 Å². The maximum absolute atomic E-state index is 5.94. The molecule has 8 aromatic rings. The monoisotopic (exact) mass is 813 g/mol. The largest absolute Gasteiger partial charge is 0.500 e. The predicted molar refractivity (Wildman–Crippen MR) is 198 cm³/mol. The van der Waals surface area contributed by atoms with Gasteiger partial charge in [0.15, 0.2) is 0 Å². The fraction of sp³-hybridized carbons (Fsp3) is 0.111. The zero-order valence-electron chi connectivity index (χ0n) is 27.7. The smallest absolute Gasteiger partial charge is 0.120 e. The third kappa shape index (κ3) is 7.47. The molecular formula is C45H36IrN2O-2. The Labute approximate surface area is 302 Å². The molecule has 0 bridgehead atoms. The number of furan rings is 1. The van der Waals surface area contributed by atoms with Gasteiger partial charge in [0.25, 0.3) is 0 Å². The molecule has 0 amide bonds. The molecule has 1 radical (unpaired) electrons. The zero-order chi connectivity index (χ0) is 32.9. The van der Waals surface area contributed by atoms with Crippen molar-refractivity contribution in [3.05, 3.63) is 181 Å². The van der Waals surface area contributed by atoms with Crippen LogP contribution in [0.4, 0.5) is 0 Å². The fourth-order valence-electron chi connectivity index (χ4n) is 6.10. The summed E-state index contributed by atoms with van der Waals surface area (Å²) in [5.74, 6) is 0.754. The Hall–Kier alpha value is -5.15. The summed E-state index contributed by atoms with van der Waals surface area (Å²) >= 11 is 0. The van der Waals surface area contributed by atoms with Crippen molar-refractivity contribution in [2.24, 2.45) is 0 Å². The van der Waals surface area contributed by atoms with Gasteiger partial charge in [0.2, 0.25) is 0 Å². The average molecular weight is 813 g/mol. The first-order valence-corrected chi connectivity index (χ1v) is 16.4. The summed E-state index contributed by atoms with van der Waals surface area (Å²) in [5.41, 5.74) is 11.9. The molecule has 0 saturated heterocycles. The van der Waals surface area contributed by atoms with Crippen molar-refractivity contribution in [3.63, 3.8) is 0 Å².